The molecule has 5 heteroatoms. The Kier molecular flexibility index (Phi) is 6.47. The Morgan fingerprint density at radius 1 is 0.921 bits per heavy atom. The molecule has 2 heterocycles. The zero-order valence-electron chi connectivity index (χ0n) is 23.0. The quantitative estimate of drug-likeness (QED) is 0.186. The molecular formula is C33H35N3O2. The van der Waals surface area contributed by atoms with Crippen molar-refractivity contribution < 1.29 is 9.53 Å². The first-order chi connectivity index (χ1) is 18.0. The van der Waals surface area contributed by atoms with E-state index in [9.17, 15) is 4.79 Å². The molecule has 0 saturated carbocycles. The smallest absolute Gasteiger partial charge is 0.344 e. The Hall–Kier alpha value is -4.12. The van der Waals surface area contributed by atoms with Crippen LogP contribution in [-0.4, -0.2) is 20.9 Å². The number of fused-ring (bicyclic) bond motifs is 2. The number of carbonyl (C=O) groups is 1. The molecule has 0 aliphatic carbocycles. The van der Waals surface area contributed by atoms with Gasteiger partial charge in [-0.2, -0.15) is 0 Å². The lowest BCUT2D eigenvalue weighted by Gasteiger charge is -2.34. The fourth-order valence-corrected chi connectivity index (χ4v) is 5.43. The van der Waals surface area contributed by atoms with Crippen molar-refractivity contribution in [1.82, 2.24) is 9.38 Å². The van der Waals surface area contributed by atoms with E-state index in [0.717, 1.165) is 45.5 Å². The number of imidazole rings is 1. The predicted molar refractivity (Wildman–Crippen MR) is 156 cm³/mol. The fraction of sp³-hybridized carbons (Fsp3) is 0.273. The summed E-state index contributed by atoms with van der Waals surface area (Å²) in [6.07, 6.45) is 3.03. The standard InChI is InChI=1S/C33H35N3O2/c1-22-17-18-36-28(19-22)34-29(30(36)35-33(5,6)21-32(2,3)4)24-13-9-14-25(20-24)38-31(37)27-16-10-12-23-11-7-8-15-26(23)27/h7-20,35H,21H2,1-6H3. The van der Waals surface area contributed by atoms with Gasteiger partial charge >= 0.3 is 5.97 Å². The number of carbonyl (C=O) groups excluding carboxylic acids is 1. The van der Waals surface area contributed by atoms with Crippen LogP contribution in [0.4, 0.5) is 5.82 Å². The highest BCUT2D eigenvalue weighted by molar-refractivity contribution is 6.05. The second kappa shape index (κ2) is 9.64. The Balaban J connectivity index is 1.52. The van der Waals surface area contributed by atoms with Crippen LogP contribution in [-0.2, 0) is 0 Å². The Morgan fingerprint density at radius 2 is 1.66 bits per heavy atom. The zero-order chi connectivity index (χ0) is 27.1. The number of esters is 1. The van der Waals surface area contributed by atoms with E-state index >= 15 is 0 Å². The third-order valence-corrected chi connectivity index (χ3v) is 6.54. The third-order valence-electron chi connectivity index (χ3n) is 6.54. The highest BCUT2D eigenvalue weighted by Gasteiger charge is 2.28. The van der Waals surface area contributed by atoms with Gasteiger partial charge in [0.05, 0.1) is 5.56 Å². The molecule has 0 saturated heterocycles. The van der Waals surface area contributed by atoms with Gasteiger partial charge in [0.1, 0.15) is 22.9 Å². The summed E-state index contributed by atoms with van der Waals surface area (Å²) < 4.78 is 7.98. The van der Waals surface area contributed by atoms with Crippen LogP contribution < -0.4 is 10.1 Å². The van der Waals surface area contributed by atoms with Crippen LogP contribution in [0.1, 0.15) is 57.0 Å². The zero-order valence-corrected chi connectivity index (χ0v) is 23.0. The van der Waals surface area contributed by atoms with Crippen molar-refractivity contribution in [2.45, 2.75) is 53.5 Å². The lowest BCUT2D eigenvalue weighted by atomic mass is 9.82. The molecule has 0 amide bonds. The maximum Gasteiger partial charge on any atom is 0.344 e. The maximum absolute atomic E-state index is 13.2. The molecule has 0 spiro atoms. The average Bonchev–Trinajstić information content (AvgIpc) is 3.18. The first-order valence-corrected chi connectivity index (χ1v) is 13.1. The van der Waals surface area contributed by atoms with Crippen molar-refractivity contribution >= 4 is 28.2 Å². The molecule has 0 aliphatic heterocycles. The highest BCUT2D eigenvalue weighted by Crippen LogP contribution is 2.36. The van der Waals surface area contributed by atoms with Crippen LogP contribution >= 0.6 is 0 Å². The molecule has 194 valence electrons. The molecule has 2 aromatic heterocycles. The second-order valence-electron chi connectivity index (χ2n) is 11.9. The van der Waals surface area contributed by atoms with E-state index in [1.54, 1.807) is 6.07 Å². The number of ether oxygens (including phenoxy) is 1. The minimum Gasteiger partial charge on any atom is -0.423 e. The van der Waals surface area contributed by atoms with E-state index in [1.165, 1.54) is 0 Å². The van der Waals surface area contributed by atoms with Crippen molar-refractivity contribution in [2.24, 2.45) is 5.41 Å². The van der Waals surface area contributed by atoms with Crippen LogP contribution in [0, 0.1) is 12.3 Å². The van der Waals surface area contributed by atoms with Crippen LogP contribution in [0.5, 0.6) is 5.75 Å². The number of pyridine rings is 1. The van der Waals surface area contributed by atoms with Crippen molar-refractivity contribution in [1.29, 1.82) is 0 Å². The normalized spacial score (nSPS) is 12.2. The van der Waals surface area contributed by atoms with E-state index in [0.29, 0.717) is 11.3 Å². The summed E-state index contributed by atoms with van der Waals surface area (Å²) in [5, 5.41) is 5.66. The number of benzene rings is 3. The SMILES string of the molecule is Cc1ccn2c(NC(C)(C)CC(C)(C)C)c(-c3cccc(OC(=O)c4cccc5ccccc45)c3)nc2c1. The number of anilines is 1. The first kappa shape index (κ1) is 25.5. The summed E-state index contributed by atoms with van der Waals surface area (Å²) in [7, 11) is 0. The monoisotopic (exact) mass is 505 g/mol. The lowest BCUT2D eigenvalue weighted by molar-refractivity contribution is 0.0737. The number of hydrogen-bond acceptors (Lipinski definition) is 4. The van der Waals surface area contributed by atoms with Crippen molar-refractivity contribution in [2.75, 3.05) is 5.32 Å². The molecule has 38 heavy (non-hydrogen) atoms. The third kappa shape index (κ3) is 5.42. The van der Waals surface area contributed by atoms with Crippen molar-refractivity contribution in [3.8, 4) is 17.0 Å². The van der Waals surface area contributed by atoms with Gasteiger partial charge in [-0.25, -0.2) is 9.78 Å². The number of aryl methyl sites for hydroxylation is 1. The minimum atomic E-state index is -0.380. The van der Waals surface area contributed by atoms with Gasteiger partial charge in [-0.15, -0.1) is 0 Å². The first-order valence-electron chi connectivity index (χ1n) is 13.1. The molecular weight excluding hydrogens is 470 g/mol. The molecule has 0 unspecified atom stereocenters. The summed E-state index contributed by atoms with van der Waals surface area (Å²) in [6.45, 7) is 13.3. The highest BCUT2D eigenvalue weighted by atomic mass is 16.5. The van der Waals surface area contributed by atoms with Gasteiger partial charge < -0.3 is 10.1 Å². The van der Waals surface area contributed by atoms with Gasteiger partial charge in [0.25, 0.3) is 0 Å². The Bertz CT molecular complexity index is 1630. The lowest BCUT2D eigenvalue weighted by Crippen LogP contribution is -2.36. The summed E-state index contributed by atoms with van der Waals surface area (Å²) in [4.78, 5) is 18.2. The predicted octanol–water partition coefficient (Wildman–Crippen LogP) is 8.31. The largest absolute Gasteiger partial charge is 0.423 e. The van der Waals surface area contributed by atoms with E-state index in [1.807, 2.05) is 60.7 Å². The minimum absolute atomic E-state index is 0.156. The van der Waals surface area contributed by atoms with E-state index in [4.69, 9.17) is 9.72 Å². The number of nitrogens with one attached hydrogen (secondary N) is 1. The molecule has 5 rings (SSSR count). The molecule has 1 N–H and O–H groups in total. The molecule has 5 aromatic rings. The van der Waals surface area contributed by atoms with Crippen molar-refractivity contribution in [3.05, 3.63) is 96.2 Å². The number of rotatable bonds is 6. The van der Waals surface area contributed by atoms with Crippen LogP contribution in [0.15, 0.2) is 85.1 Å². The molecule has 0 radical (unpaired) electrons. The van der Waals surface area contributed by atoms with Gasteiger partial charge in [-0.3, -0.25) is 4.40 Å². The van der Waals surface area contributed by atoms with Gasteiger partial charge in [0.15, 0.2) is 0 Å². The molecule has 0 aliphatic rings. The molecule has 5 nitrogen and oxygen atoms in total. The van der Waals surface area contributed by atoms with Gasteiger partial charge in [-0.05, 0) is 79.3 Å². The summed E-state index contributed by atoms with van der Waals surface area (Å²) in [5.41, 5.74) is 4.24. The van der Waals surface area contributed by atoms with Gasteiger partial charge in [-0.1, -0.05) is 69.3 Å². The van der Waals surface area contributed by atoms with Crippen LogP contribution in [0.2, 0.25) is 0 Å². The summed E-state index contributed by atoms with van der Waals surface area (Å²) in [6, 6.07) is 25.3. The molecule has 0 fully saturated rings. The average molecular weight is 506 g/mol. The topological polar surface area (TPSA) is 55.6 Å². The number of hydrogen-bond donors (Lipinski definition) is 1. The molecule has 3 aromatic carbocycles. The maximum atomic E-state index is 13.2. The van der Waals surface area contributed by atoms with Crippen LogP contribution in [0.25, 0.3) is 27.7 Å². The molecule has 0 atom stereocenters. The molecule has 0 bridgehead atoms. The Labute approximate surface area is 224 Å². The van der Waals surface area contributed by atoms with E-state index < -0.39 is 0 Å². The van der Waals surface area contributed by atoms with Gasteiger partial charge in [0, 0.05) is 17.3 Å². The Morgan fingerprint density at radius 3 is 2.45 bits per heavy atom. The van der Waals surface area contributed by atoms with Crippen molar-refractivity contribution in [3.63, 3.8) is 0 Å². The fourth-order valence-electron chi connectivity index (χ4n) is 5.43. The number of aromatic nitrogens is 2. The number of nitrogens with zero attached hydrogens (tertiary/aromatic N) is 2. The van der Waals surface area contributed by atoms with Crippen LogP contribution in [0.3, 0.4) is 0 Å². The summed E-state index contributed by atoms with van der Waals surface area (Å²) >= 11 is 0. The summed E-state index contributed by atoms with van der Waals surface area (Å²) in [5.74, 6) is 1.02. The van der Waals surface area contributed by atoms with Gasteiger partial charge in [0.2, 0.25) is 0 Å². The van der Waals surface area contributed by atoms with E-state index in [2.05, 4.69) is 69.6 Å². The van der Waals surface area contributed by atoms with E-state index in [-0.39, 0.29) is 16.9 Å². The second-order valence-corrected chi connectivity index (χ2v) is 11.9.